The molecule has 0 spiro atoms. The van der Waals surface area contributed by atoms with Gasteiger partial charge < -0.3 is 9.64 Å². The fourth-order valence-corrected chi connectivity index (χ4v) is 5.11. The fraction of sp³-hybridized carbons (Fsp3) is 0.526. The number of urea groups is 1. The van der Waals surface area contributed by atoms with Crippen molar-refractivity contribution >= 4 is 17.9 Å². The molecule has 0 N–H and O–H groups in total. The Bertz CT molecular complexity index is 734. The number of carbonyl (C=O) groups is 3. The highest BCUT2D eigenvalue weighted by molar-refractivity contribution is 5.98. The van der Waals surface area contributed by atoms with Gasteiger partial charge in [-0.3, -0.25) is 14.5 Å². The molecule has 4 atom stereocenters. The van der Waals surface area contributed by atoms with E-state index in [1.165, 1.54) is 11.8 Å². The number of amides is 3. The summed E-state index contributed by atoms with van der Waals surface area (Å²) in [4.78, 5) is 41.4. The van der Waals surface area contributed by atoms with Crippen LogP contribution in [-0.2, 0) is 14.3 Å². The van der Waals surface area contributed by atoms with Crippen molar-refractivity contribution in [2.45, 2.75) is 38.8 Å². The third kappa shape index (κ3) is 2.00. The molecule has 2 aliphatic heterocycles. The van der Waals surface area contributed by atoms with E-state index in [-0.39, 0.29) is 30.6 Å². The highest BCUT2D eigenvalue weighted by atomic mass is 16.5. The lowest BCUT2D eigenvalue weighted by molar-refractivity contribution is -0.189. The molecule has 3 amide bonds. The summed E-state index contributed by atoms with van der Waals surface area (Å²) in [5, 5.41) is 0. The number of carbonyl (C=O) groups excluding carboxylic acids is 3. The standard InChI is InChI=1S/C19H22N2O4/c1-3-25-17(23)19-11-14-9-10-20(15(14)19)18(24)21(12(2)22)16(19)13-7-5-4-6-8-13/h4-8,14-16H,3,9-11H2,1-2H3/t14-,15-,16+,19-/m0/s1. The SMILES string of the molecule is CCOC(=O)[C@]12C[C@@H]3CCN(C(=O)N(C(C)=O)[C@@H]1c1ccccc1)[C@@H]32. The van der Waals surface area contributed by atoms with E-state index < -0.39 is 11.5 Å². The largest absolute Gasteiger partial charge is 0.465 e. The van der Waals surface area contributed by atoms with Gasteiger partial charge in [0.1, 0.15) is 5.41 Å². The zero-order valence-electron chi connectivity index (χ0n) is 14.5. The van der Waals surface area contributed by atoms with Gasteiger partial charge in [0.15, 0.2) is 0 Å². The molecule has 1 aromatic rings. The van der Waals surface area contributed by atoms with Crippen LogP contribution in [0.2, 0.25) is 0 Å². The monoisotopic (exact) mass is 342 g/mol. The van der Waals surface area contributed by atoms with Crippen molar-refractivity contribution in [1.82, 2.24) is 9.80 Å². The van der Waals surface area contributed by atoms with Gasteiger partial charge in [0.05, 0.1) is 18.7 Å². The van der Waals surface area contributed by atoms with E-state index >= 15 is 0 Å². The molecule has 0 bridgehead atoms. The predicted octanol–water partition coefficient (Wildman–Crippen LogP) is 2.35. The number of hydrogen-bond acceptors (Lipinski definition) is 4. The van der Waals surface area contributed by atoms with Crippen LogP contribution < -0.4 is 0 Å². The molecule has 2 heterocycles. The first-order chi connectivity index (χ1) is 12.0. The third-order valence-electron chi connectivity index (χ3n) is 5.96. The molecule has 1 aromatic carbocycles. The van der Waals surface area contributed by atoms with E-state index in [4.69, 9.17) is 4.74 Å². The minimum Gasteiger partial charge on any atom is -0.465 e. The minimum atomic E-state index is -0.863. The second kappa shape index (κ2) is 5.58. The molecule has 3 aliphatic rings. The topological polar surface area (TPSA) is 66.9 Å². The van der Waals surface area contributed by atoms with Gasteiger partial charge in [-0.15, -0.1) is 0 Å². The summed E-state index contributed by atoms with van der Waals surface area (Å²) in [6.45, 7) is 4.05. The van der Waals surface area contributed by atoms with Crippen LogP contribution in [0.1, 0.15) is 38.3 Å². The lowest BCUT2D eigenvalue weighted by Crippen LogP contribution is -2.73. The van der Waals surface area contributed by atoms with Crippen LogP contribution in [0, 0.1) is 11.3 Å². The number of rotatable bonds is 3. The van der Waals surface area contributed by atoms with Gasteiger partial charge in [-0.2, -0.15) is 0 Å². The van der Waals surface area contributed by atoms with E-state index in [1.54, 1.807) is 11.8 Å². The molecule has 2 saturated heterocycles. The molecule has 0 aromatic heterocycles. The number of hydrogen-bond donors (Lipinski definition) is 0. The van der Waals surface area contributed by atoms with Gasteiger partial charge in [-0.1, -0.05) is 30.3 Å². The van der Waals surface area contributed by atoms with Gasteiger partial charge in [-0.25, -0.2) is 4.79 Å². The van der Waals surface area contributed by atoms with Crippen LogP contribution in [0.15, 0.2) is 30.3 Å². The second-order valence-corrected chi connectivity index (χ2v) is 7.14. The normalized spacial score (nSPS) is 32.9. The van der Waals surface area contributed by atoms with Crippen molar-refractivity contribution < 1.29 is 19.1 Å². The number of nitrogens with zero attached hydrogens (tertiary/aromatic N) is 2. The van der Waals surface area contributed by atoms with Gasteiger partial charge in [0.2, 0.25) is 5.91 Å². The summed E-state index contributed by atoms with van der Waals surface area (Å²) in [7, 11) is 0. The molecule has 1 aliphatic carbocycles. The van der Waals surface area contributed by atoms with E-state index in [9.17, 15) is 14.4 Å². The Balaban J connectivity index is 1.89. The Morgan fingerprint density at radius 1 is 1.28 bits per heavy atom. The van der Waals surface area contributed by atoms with Crippen molar-refractivity contribution in [1.29, 1.82) is 0 Å². The van der Waals surface area contributed by atoms with Gasteiger partial charge in [0, 0.05) is 13.5 Å². The zero-order chi connectivity index (χ0) is 17.8. The summed E-state index contributed by atoms with van der Waals surface area (Å²) >= 11 is 0. The molecule has 3 fully saturated rings. The quantitative estimate of drug-likeness (QED) is 0.791. The van der Waals surface area contributed by atoms with E-state index in [2.05, 4.69) is 0 Å². The van der Waals surface area contributed by atoms with Crippen molar-refractivity contribution in [3.05, 3.63) is 35.9 Å². The first-order valence-corrected chi connectivity index (χ1v) is 8.85. The molecular formula is C19H22N2O4. The first kappa shape index (κ1) is 16.1. The van der Waals surface area contributed by atoms with Crippen LogP contribution in [0.25, 0.3) is 0 Å². The maximum absolute atomic E-state index is 13.1. The maximum atomic E-state index is 13.1. The summed E-state index contributed by atoms with van der Waals surface area (Å²) in [5.41, 5.74) is -0.0536. The van der Waals surface area contributed by atoms with Gasteiger partial charge in [-0.05, 0) is 31.2 Å². The smallest absolute Gasteiger partial charge is 0.327 e. The highest BCUT2D eigenvalue weighted by Crippen LogP contribution is 2.64. The Labute approximate surface area is 146 Å². The molecule has 25 heavy (non-hydrogen) atoms. The Hall–Kier alpha value is -2.37. The van der Waals surface area contributed by atoms with Crippen molar-refractivity contribution in [2.24, 2.45) is 11.3 Å². The summed E-state index contributed by atoms with van der Waals surface area (Å²) in [6.07, 6.45) is 1.54. The van der Waals surface area contributed by atoms with Crippen LogP contribution in [0.4, 0.5) is 4.79 Å². The molecule has 6 nitrogen and oxygen atoms in total. The predicted molar refractivity (Wildman–Crippen MR) is 89.4 cm³/mol. The summed E-state index contributed by atoms with van der Waals surface area (Å²) in [6, 6.07) is 8.33. The first-order valence-electron chi connectivity index (χ1n) is 8.85. The zero-order valence-corrected chi connectivity index (χ0v) is 14.5. The van der Waals surface area contributed by atoms with Crippen LogP contribution in [-0.4, -0.2) is 46.9 Å². The lowest BCUT2D eigenvalue weighted by atomic mass is 9.52. The Morgan fingerprint density at radius 3 is 2.64 bits per heavy atom. The van der Waals surface area contributed by atoms with Gasteiger partial charge in [0.25, 0.3) is 0 Å². The van der Waals surface area contributed by atoms with Crippen LogP contribution in [0.5, 0.6) is 0 Å². The number of benzene rings is 1. The molecular weight excluding hydrogens is 320 g/mol. The molecule has 6 heteroatoms. The van der Waals surface area contributed by atoms with E-state index in [0.717, 1.165) is 12.0 Å². The average Bonchev–Trinajstić information content (AvgIpc) is 2.95. The van der Waals surface area contributed by atoms with Crippen molar-refractivity contribution in [3.63, 3.8) is 0 Å². The van der Waals surface area contributed by atoms with E-state index in [0.29, 0.717) is 18.9 Å². The van der Waals surface area contributed by atoms with Crippen molar-refractivity contribution in [3.8, 4) is 0 Å². The maximum Gasteiger partial charge on any atom is 0.327 e. The minimum absolute atomic E-state index is 0.167. The Kier molecular flexibility index (Phi) is 3.60. The Morgan fingerprint density at radius 2 is 2.00 bits per heavy atom. The average molecular weight is 342 g/mol. The highest BCUT2D eigenvalue weighted by Gasteiger charge is 2.73. The molecule has 0 radical (unpaired) electrons. The number of ether oxygens (including phenoxy) is 1. The van der Waals surface area contributed by atoms with E-state index in [1.807, 2.05) is 30.3 Å². The summed E-state index contributed by atoms with van der Waals surface area (Å²) in [5.74, 6) is -0.319. The third-order valence-corrected chi connectivity index (χ3v) is 5.96. The molecule has 0 unspecified atom stereocenters. The van der Waals surface area contributed by atoms with Crippen LogP contribution in [0.3, 0.4) is 0 Å². The lowest BCUT2D eigenvalue weighted by Gasteiger charge is -2.61. The molecule has 1 saturated carbocycles. The van der Waals surface area contributed by atoms with Crippen molar-refractivity contribution in [2.75, 3.05) is 13.2 Å². The second-order valence-electron chi connectivity index (χ2n) is 7.14. The van der Waals surface area contributed by atoms with Crippen LogP contribution >= 0.6 is 0 Å². The molecule has 132 valence electrons. The number of esters is 1. The van der Waals surface area contributed by atoms with Gasteiger partial charge >= 0.3 is 12.0 Å². The molecule has 4 rings (SSSR count). The number of imide groups is 1. The summed E-state index contributed by atoms with van der Waals surface area (Å²) < 4.78 is 5.43. The fourth-order valence-electron chi connectivity index (χ4n) is 5.11.